The second kappa shape index (κ2) is 9.10. The summed E-state index contributed by atoms with van der Waals surface area (Å²) in [5.74, 6) is -0.704. The Morgan fingerprint density at radius 3 is 2.59 bits per heavy atom. The number of carbonyl (C=O) groups is 1. The second-order valence-electron chi connectivity index (χ2n) is 7.51. The molecule has 2 aromatic carbocycles. The van der Waals surface area contributed by atoms with E-state index in [1.165, 1.54) is 6.07 Å². The molecule has 3 N–H and O–H groups in total. The van der Waals surface area contributed by atoms with Crippen LogP contribution in [0.25, 0.3) is 22.5 Å². The van der Waals surface area contributed by atoms with Crippen LogP contribution < -0.4 is 10.2 Å². The number of halogens is 1. The number of nitrogens with one attached hydrogen (secondary N) is 1. The van der Waals surface area contributed by atoms with Gasteiger partial charge in [-0.2, -0.15) is 0 Å². The monoisotopic (exact) mass is 457 g/mol. The van der Waals surface area contributed by atoms with Crippen LogP contribution in [0.3, 0.4) is 0 Å². The van der Waals surface area contributed by atoms with Gasteiger partial charge in [-0.05, 0) is 43.2 Å². The predicted molar refractivity (Wildman–Crippen MR) is 121 cm³/mol. The number of rotatable bonds is 5. The quantitative estimate of drug-likeness (QED) is 0.532. The number of hydrogen-bond acceptors (Lipinski definition) is 7. The van der Waals surface area contributed by atoms with E-state index in [9.17, 15) is 15.0 Å². The molecule has 1 fully saturated rings. The van der Waals surface area contributed by atoms with Crippen LogP contribution in [0.15, 0.2) is 34.9 Å². The largest absolute Gasteiger partial charge is 0.507 e. The number of carbonyl (C=O) groups excluding carboxylic acids is 1. The van der Waals surface area contributed by atoms with E-state index in [1.54, 1.807) is 0 Å². The topological polar surface area (TPSA) is 108 Å². The molecule has 32 heavy (non-hydrogen) atoms. The number of nitrogens with zero attached hydrogens (tertiary/aromatic N) is 2. The molecule has 4 rings (SSSR count). The average molecular weight is 458 g/mol. The Morgan fingerprint density at radius 1 is 1.16 bits per heavy atom. The molecule has 1 aromatic heterocycles. The predicted octanol–water partition coefficient (Wildman–Crippen LogP) is 3.97. The number of morpholine rings is 1. The van der Waals surface area contributed by atoms with Gasteiger partial charge in [-0.3, -0.25) is 4.79 Å². The molecule has 2 heterocycles. The van der Waals surface area contributed by atoms with Crippen LogP contribution >= 0.6 is 11.6 Å². The molecule has 0 aliphatic carbocycles. The molecule has 1 aliphatic rings. The molecule has 0 atom stereocenters. The Balaban J connectivity index is 1.86. The first-order chi connectivity index (χ1) is 15.4. The fourth-order valence-corrected chi connectivity index (χ4v) is 3.97. The van der Waals surface area contributed by atoms with Gasteiger partial charge in [0.15, 0.2) is 11.5 Å². The zero-order valence-electron chi connectivity index (χ0n) is 17.8. The van der Waals surface area contributed by atoms with Gasteiger partial charge in [-0.15, -0.1) is 0 Å². The van der Waals surface area contributed by atoms with Crippen LogP contribution in [-0.4, -0.2) is 54.1 Å². The van der Waals surface area contributed by atoms with E-state index in [1.807, 2.05) is 32.0 Å². The summed E-state index contributed by atoms with van der Waals surface area (Å²) in [6, 6.07) is 8.45. The summed E-state index contributed by atoms with van der Waals surface area (Å²) in [4.78, 5) is 15.0. The molecule has 0 radical (unpaired) electrons. The molecule has 0 unspecified atom stereocenters. The van der Waals surface area contributed by atoms with Gasteiger partial charge in [-0.25, -0.2) is 0 Å². The van der Waals surface area contributed by atoms with Crippen molar-refractivity contribution in [3.8, 4) is 33.9 Å². The summed E-state index contributed by atoms with van der Waals surface area (Å²) < 4.78 is 11.0. The van der Waals surface area contributed by atoms with Gasteiger partial charge < -0.3 is 29.7 Å². The molecule has 3 aromatic rings. The molecule has 0 saturated carbocycles. The van der Waals surface area contributed by atoms with Crippen LogP contribution in [0.1, 0.15) is 23.0 Å². The lowest BCUT2D eigenvalue weighted by atomic mass is 9.94. The third-order valence-electron chi connectivity index (χ3n) is 5.41. The Bertz CT molecular complexity index is 1150. The third kappa shape index (κ3) is 4.11. The maximum Gasteiger partial charge on any atom is 0.274 e. The van der Waals surface area contributed by atoms with Crippen LogP contribution in [0, 0.1) is 6.92 Å². The minimum atomic E-state index is -0.390. The van der Waals surface area contributed by atoms with Gasteiger partial charge in [0.1, 0.15) is 11.5 Å². The van der Waals surface area contributed by atoms with Crippen LogP contribution in [0.5, 0.6) is 11.5 Å². The smallest absolute Gasteiger partial charge is 0.274 e. The zero-order chi connectivity index (χ0) is 22.8. The van der Waals surface area contributed by atoms with Gasteiger partial charge in [0, 0.05) is 31.4 Å². The highest BCUT2D eigenvalue weighted by atomic mass is 35.5. The molecule has 8 nitrogen and oxygen atoms in total. The second-order valence-corrected chi connectivity index (χ2v) is 7.92. The number of aryl methyl sites for hydroxylation is 1. The standard InChI is InChI=1S/C23H24ClN3O5/c1-3-25-23(30)21-20(22(32-26-21)16-11-17(24)19(29)12-18(16)28)15-5-4-14(10-13(15)2)27-6-8-31-9-7-27/h4-5,10-12,28-29H,3,6-9H2,1-2H3,(H,25,30). The van der Waals surface area contributed by atoms with E-state index >= 15 is 0 Å². The number of ether oxygens (including phenoxy) is 1. The van der Waals surface area contributed by atoms with Crippen molar-refractivity contribution in [2.75, 3.05) is 37.7 Å². The van der Waals surface area contributed by atoms with Crippen molar-refractivity contribution >= 4 is 23.2 Å². The van der Waals surface area contributed by atoms with E-state index in [0.29, 0.717) is 25.3 Å². The van der Waals surface area contributed by atoms with E-state index in [2.05, 4.69) is 15.4 Å². The van der Waals surface area contributed by atoms with Crippen molar-refractivity contribution < 1.29 is 24.3 Å². The van der Waals surface area contributed by atoms with Crippen molar-refractivity contribution in [3.05, 3.63) is 46.6 Å². The normalized spacial score (nSPS) is 13.9. The first kappa shape index (κ1) is 22.0. The summed E-state index contributed by atoms with van der Waals surface area (Å²) in [5.41, 5.74) is 3.48. The molecular weight excluding hydrogens is 434 g/mol. The maximum absolute atomic E-state index is 12.7. The molecular formula is C23H24ClN3O5. The van der Waals surface area contributed by atoms with E-state index in [0.717, 1.165) is 36.0 Å². The number of phenols is 2. The number of phenolic OH excluding ortho intramolecular Hbond substituents is 2. The fourth-order valence-electron chi connectivity index (χ4n) is 3.80. The Hall–Kier alpha value is -3.23. The fraction of sp³-hybridized carbons (Fsp3) is 0.304. The average Bonchev–Trinajstić information content (AvgIpc) is 3.21. The van der Waals surface area contributed by atoms with Gasteiger partial charge in [0.2, 0.25) is 0 Å². The van der Waals surface area contributed by atoms with Crippen LogP contribution in [0.4, 0.5) is 5.69 Å². The SMILES string of the molecule is CCNC(=O)c1noc(-c2cc(Cl)c(O)cc2O)c1-c1ccc(N2CCOCC2)cc1C. The first-order valence-corrected chi connectivity index (χ1v) is 10.7. The minimum Gasteiger partial charge on any atom is -0.507 e. The molecule has 1 saturated heterocycles. The highest BCUT2D eigenvalue weighted by molar-refractivity contribution is 6.32. The molecule has 0 spiro atoms. The van der Waals surface area contributed by atoms with Gasteiger partial charge in [-0.1, -0.05) is 22.8 Å². The van der Waals surface area contributed by atoms with Crippen molar-refractivity contribution in [2.45, 2.75) is 13.8 Å². The summed E-state index contributed by atoms with van der Waals surface area (Å²) in [7, 11) is 0. The van der Waals surface area contributed by atoms with E-state index < -0.39 is 5.91 Å². The number of anilines is 1. The lowest BCUT2D eigenvalue weighted by Gasteiger charge is -2.29. The summed E-state index contributed by atoms with van der Waals surface area (Å²) >= 11 is 6.07. The van der Waals surface area contributed by atoms with Gasteiger partial charge in [0.05, 0.1) is 29.4 Å². The van der Waals surface area contributed by atoms with Crippen LogP contribution in [0.2, 0.25) is 5.02 Å². The number of aromatic nitrogens is 1. The molecule has 9 heteroatoms. The number of aromatic hydroxyl groups is 2. The van der Waals surface area contributed by atoms with Crippen LogP contribution in [-0.2, 0) is 4.74 Å². The van der Waals surface area contributed by atoms with Gasteiger partial charge >= 0.3 is 0 Å². The molecule has 1 amide bonds. The Morgan fingerprint density at radius 2 is 1.91 bits per heavy atom. The lowest BCUT2D eigenvalue weighted by Crippen LogP contribution is -2.36. The molecule has 1 aliphatic heterocycles. The number of hydrogen-bond donors (Lipinski definition) is 3. The summed E-state index contributed by atoms with van der Waals surface area (Å²) in [6.07, 6.45) is 0. The Kier molecular flexibility index (Phi) is 6.25. The van der Waals surface area contributed by atoms with Crippen molar-refractivity contribution in [2.24, 2.45) is 0 Å². The van der Waals surface area contributed by atoms with Crippen molar-refractivity contribution in [3.63, 3.8) is 0 Å². The maximum atomic E-state index is 12.7. The molecule has 168 valence electrons. The third-order valence-corrected chi connectivity index (χ3v) is 5.71. The van der Waals surface area contributed by atoms with Crippen molar-refractivity contribution in [1.29, 1.82) is 0 Å². The van der Waals surface area contributed by atoms with Gasteiger partial charge in [0.25, 0.3) is 5.91 Å². The van der Waals surface area contributed by atoms with E-state index in [-0.39, 0.29) is 33.5 Å². The summed E-state index contributed by atoms with van der Waals surface area (Å²) in [6.45, 7) is 7.15. The number of amides is 1. The zero-order valence-corrected chi connectivity index (χ0v) is 18.6. The Labute approximate surface area is 190 Å². The molecule has 0 bridgehead atoms. The van der Waals surface area contributed by atoms with E-state index in [4.69, 9.17) is 20.9 Å². The summed E-state index contributed by atoms with van der Waals surface area (Å²) in [5, 5.41) is 27.0. The highest BCUT2D eigenvalue weighted by Crippen LogP contribution is 2.44. The highest BCUT2D eigenvalue weighted by Gasteiger charge is 2.27. The number of benzene rings is 2. The van der Waals surface area contributed by atoms with Crippen molar-refractivity contribution in [1.82, 2.24) is 10.5 Å². The first-order valence-electron chi connectivity index (χ1n) is 10.3. The minimum absolute atomic E-state index is 0.0408. The lowest BCUT2D eigenvalue weighted by molar-refractivity contribution is 0.0947.